The number of nitrogens with one attached hydrogen (secondary N) is 1. The van der Waals surface area contributed by atoms with E-state index < -0.39 is 0 Å². The molecule has 1 N–H and O–H groups in total. The van der Waals surface area contributed by atoms with Crippen LogP contribution >= 0.6 is 0 Å². The lowest BCUT2D eigenvalue weighted by Crippen LogP contribution is -2.38. The summed E-state index contributed by atoms with van der Waals surface area (Å²) in [4.78, 5) is 23.6. The second-order valence-corrected chi connectivity index (χ2v) is 9.00. The van der Waals surface area contributed by atoms with Crippen LogP contribution < -0.4 is 10.1 Å². The van der Waals surface area contributed by atoms with E-state index in [0.717, 1.165) is 55.4 Å². The molecule has 8 heteroatoms. The number of anilines is 1. The number of ether oxygens (including phenoxy) is 2. The van der Waals surface area contributed by atoms with Crippen molar-refractivity contribution < 1.29 is 14.3 Å². The molecule has 4 rings (SSSR count). The summed E-state index contributed by atoms with van der Waals surface area (Å²) in [6.07, 6.45) is 2.28. The van der Waals surface area contributed by atoms with E-state index in [9.17, 15) is 10.1 Å². The van der Waals surface area contributed by atoms with Gasteiger partial charge in [0.15, 0.2) is 0 Å². The van der Waals surface area contributed by atoms with Gasteiger partial charge in [-0.2, -0.15) is 5.26 Å². The van der Waals surface area contributed by atoms with Crippen LogP contribution in [0.5, 0.6) is 5.75 Å². The SMILES string of the molecule is CC(C)C(=O)Nc1ccc(-c2ccnc(Cc3cccc(OCCN4CCOCC4)c3)n2)cc1C#N. The number of hydrogen-bond donors (Lipinski definition) is 1. The summed E-state index contributed by atoms with van der Waals surface area (Å²) in [6.45, 7) is 8.59. The fourth-order valence-corrected chi connectivity index (χ4v) is 3.87. The summed E-state index contributed by atoms with van der Waals surface area (Å²) in [6, 6.07) is 17.3. The zero-order valence-corrected chi connectivity index (χ0v) is 20.7. The maximum Gasteiger partial charge on any atom is 0.226 e. The molecule has 186 valence electrons. The first-order chi connectivity index (χ1) is 17.5. The lowest BCUT2D eigenvalue weighted by molar-refractivity contribution is -0.118. The smallest absolute Gasteiger partial charge is 0.226 e. The van der Waals surface area contributed by atoms with Gasteiger partial charge in [-0.25, -0.2) is 9.97 Å². The molecule has 0 aliphatic carbocycles. The maximum atomic E-state index is 12.1. The molecule has 2 aromatic carbocycles. The van der Waals surface area contributed by atoms with Crippen LogP contribution in [0.15, 0.2) is 54.7 Å². The molecule has 1 fully saturated rings. The molecule has 0 spiro atoms. The topological polar surface area (TPSA) is 100 Å². The predicted molar refractivity (Wildman–Crippen MR) is 138 cm³/mol. The highest BCUT2D eigenvalue weighted by Crippen LogP contribution is 2.25. The molecule has 1 aromatic heterocycles. The van der Waals surface area contributed by atoms with Crippen LogP contribution in [-0.2, 0) is 16.0 Å². The van der Waals surface area contributed by atoms with Gasteiger partial charge in [0.2, 0.25) is 5.91 Å². The third-order valence-corrected chi connectivity index (χ3v) is 5.96. The number of morpholine rings is 1. The van der Waals surface area contributed by atoms with Crippen molar-refractivity contribution in [2.45, 2.75) is 20.3 Å². The van der Waals surface area contributed by atoms with Gasteiger partial charge in [-0.3, -0.25) is 9.69 Å². The van der Waals surface area contributed by atoms with Crippen LogP contribution in [0.3, 0.4) is 0 Å². The Morgan fingerprint density at radius 2 is 2.03 bits per heavy atom. The first-order valence-electron chi connectivity index (χ1n) is 12.2. The molecule has 8 nitrogen and oxygen atoms in total. The molecule has 3 aromatic rings. The van der Waals surface area contributed by atoms with Crippen LogP contribution in [0.2, 0.25) is 0 Å². The van der Waals surface area contributed by atoms with Gasteiger partial charge in [0.05, 0.1) is 30.2 Å². The maximum absolute atomic E-state index is 12.1. The van der Waals surface area contributed by atoms with Crippen molar-refractivity contribution in [1.29, 1.82) is 5.26 Å². The average molecular weight is 486 g/mol. The number of benzene rings is 2. The fraction of sp³-hybridized carbons (Fsp3) is 0.357. The van der Waals surface area contributed by atoms with Gasteiger partial charge in [0.1, 0.15) is 24.3 Å². The minimum absolute atomic E-state index is 0.129. The van der Waals surface area contributed by atoms with Crippen molar-refractivity contribution >= 4 is 11.6 Å². The number of aromatic nitrogens is 2. The third kappa shape index (κ3) is 6.87. The highest BCUT2D eigenvalue weighted by atomic mass is 16.5. The Morgan fingerprint density at radius 3 is 2.81 bits per heavy atom. The minimum Gasteiger partial charge on any atom is -0.492 e. The minimum atomic E-state index is -0.172. The molecule has 0 saturated carbocycles. The van der Waals surface area contributed by atoms with Crippen LogP contribution in [0.1, 0.15) is 30.8 Å². The van der Waals surface area contributed by atoms with Gasteiger partial charge in [0.25, 0.3) is 0 Å². The van der Waals surface area contributed by atoms with E-state index in [1.165, 1.54) is 0 Å². The second kappa shape index (κ2) is 12.2. The van der Waals surface area contributed by atoms with E-state index in [1.807, 2.05) is 50.2 Å². The number of rotatable bonds is 9. The van der Waals surface area contributed by atoms with Crippen molar-refractivity contribution in [2.24, 2.45) is 5.92 Å². The molecule has 0 unspecified atom stereocenters. The molecule has 1 saturated heterocycles. The normalized spacial score (nSPS) is 13.8. The molecule has 0 radical (unpaired) electrons. The van der Waals surface area contributed by atoms with Crippen molar-refractivity contribution in [3.8, 4) is 23.1 Å². The van der Waals surface area contributed by atoms with E-state index >= 15 is 0 Å². The van der Waals surface area contributed by atoms with Crippen molar-refractivity contribution in [3.05, 3.63) is 71.7 Å². The quantitative estimate of drug-likeness (QED) is 0.490. The highest BCUT2D eigenvalue weighted by Gasteiger charge is 2.13. The zero-order valence-electron chi connectivity index (χ0n) is 20.7. The van der Waals surface area contributed by atoms with Gasteiger partial charge < -0.3 is 14.8 Å². The van der Waals surface area contributed by atoms with E-state index in [-0.39, 0.29) is 11.8 Å². The van der Waals surface area contributed by atoms with Gasteiger partial charge >= 0.3 is 0 Å². The summed E-state index contributed by atoms with van der Waals surface area (Å²) in [7, 11) is 0. The number of amides is 1. The van der Waals surface area contributed by atoms with Crippen LogP contribution in [0.25, 0.3) is 11.3 Å². The number of nitriles is 1. The number of hydrogen-bond acceptors (Lipinski definition) is 7. The predicted octanol–water partition coefficient (Wildman–Crippen LogP) is 3.91. The number of carbonyl (C=O) groups is 1. The summed E-state index contributed by atoms with van der Waals surface area (Å²) < 4.78 is 11.4. The Kier molecular flexibility index (Phi) is 8.61. The van der Waals surface area contributed by atoms with Crippen molar-refractivity contribution in [2.75, 3.05) is 44.8 Å². The van der Waals surface area contributed by atoms with Gasteiger partial charge in [-0.1, -0.05) is 32.0 Å². The molecule has 1 amide bonds. The van der Waals surface area contributed by atoms with E-state index in [4.69, 9.17) is 14.5 Å². The van der Waals surface area contributed by atoms with E-state index in [2.05, 4.69) is 21.3 Å². The summed E-state index contributed by atoms with van der Waals surface area (Å²) in [5, 5.41) is 12.4. The molecule has 1 aliphatic heterocycles. The molecule has 1 aliphatic rings. The number of carbonyl (C=O) groups excluding carboxylic acids is 1. The second-order valence-electron chi connectivity index (χ2n) is 9.00. The Bertz CT molecular complexity index is 1230. The Balaban J connectivity index is 1.42. The lowest BCUT2D eigenvalue weighted by atomic mass is 10.1. The lowest BCUT2D eigenvalue weighted by Gasteiger charge is -2.26. The van der Waals surface area contributed by atoms with Gasteiger partial charge in [-0.15, -0.1) is 0 Å². The van der Waals surface area contributed by atoms with Gasteiger partial charge in [0, 0.05) is 43.7 Å². The molecule has 2 heterocycles. The summed E-state index contributed by atoms with van der Waals surface area (Å²) >= 11 is 0. The standard InChI is InChI=1S/C28H31N5O3/c1-20(2)28(34)32-25-7-6-22(18-23(25)19-29)26-8-9-30-27(31-26)17-21-4-3-5-24(16-21)36-15-12-33-10-13-35-14-11-33/h3-9,16,18,20H,10-15,17H2,1-2H3,(H,32,34). The Labute approximate surface area is 211 Å². The molecule has 0 bridgehead atoms. The fourth-order valence-electron chi connectivity index (χ4n) is 3.87. The highest BCUT2D eigenvalue weighted by molar-refractivity contribution is 5.93. The molecular weight excluding hydrogens is 454 g/mol. The van der Waals surface area contributed by atoms with Crippen LogP contribution in [-0.4, -0.2) is 60.2 Å². The summed E-state index contributed by atoms with van der Waals surface area (Å²) in [5.74, 6) is 1.20. The third-order valence-electron chi connectivity index (χ3n) is 5.96. The van der Waals surface area contributed by atoms with Crippen LogP contribution in [0, 0.1) is 17.2 Å². The Hall–Kier alpha value is -3.80. The first-order valence-corrected chi connectivity index (χ1v) is 12.2. The van der Waals surface area contributed by atoms with E-state index in [0.29, 0.717) is 30.1 Å². The largest absolute Gasteiger partial charge is 0.492 e. The molecule has 36 heavy (non-hydrogen) atoms. The summed E-state index contributed by atoms with van der Waals surface area (Å²) in [5.41, 5.74) is 3.46. The number of nitrogens with zero attached hydrogens (tertiary/aromatic N) is 4. The van der Waals surface area contributed by atoms with Gasteiger partial charge in [-0.05, 0) is 35.9 Å². The average Bonchev–Trinajstić information content (AvgIpc) is 2.90. The monoisotopic (exact) mass is 485 g/mol. The van der Waals surface area contributed by atoms with E-state index in [1.54, 1.807) is 18.3 Å². The Morgan fingerprint density at radius 1 is 1.19 bits per heavy atom. The van der Waals surface area contributed by atoms with Crippen LogP contribution in [0.4, 0.5) is 5.69 Å². The van der Waals surface area contributed by atoms with Crippen molar-refractivity contribution in [3.63, 3.8) is 0 Å². The molecule has 0 atom stereocenters. The first kappa shape index (κ1) is 25.3. The van der Waals surface area contributed by atoms with Crippen molar-refractivity contribution in [1.82, 2.24) is 14.9 Å². The molecular formula is C28H31N5O3. The zero-order chi connectivity index (χ0) is 25.3.